The van der Waals surface area contributed by atoms with Crippen LogP contribution in [0.3, 0.4) is 0 Å². The van der Waals surface area contributed by atoms with E-state index in [2.05, 4.69) is 20.4 Å². The van der Waals surface area contributed by atoms with Crippen LogP contribution in [-0.4, -0.2) is 42.8 Å². The lowest BCUT2D eigenvalue weighted by Crippen LogP contribution is -2.31. The van der Waals surface area contributed by atoms with Crippen LogP contribution >= 0.6 is 0 Å². The van der Waals surface area contributed by atoms with Crippen molar-refractivity contribution in [3.05, 3.63) is 71.8 Å². The summed E-state index contributed by atoms with van der Waals surface area (Å²) in [6.45, 7) is 0. The number of aliphatic carboxylic acids is 1. The summed E-state index contributed by atoms with van der Waals surface area (Å²) in [6.07, 6.45) is 4.34. The third-order valence-electron chi connectivity index (χ3n) is 6.48. The number of anilines is 1. The summed E-state index contributed by atoms with van der Waals surface area (Å²) in [7, 11) is 0. The fourth-order valence-corrected chi connectivity index (χ4v) is 4.66. The fraction of sp³-hybridized carbons (Fsp3) is 0.192. The molecule has 2 aromatic heterocycles. The van der Waals surface area contributed by atoms with E-state index in [1.807, 2.05) is 0 Å². The molecule has 1 saturated carbocycles. The second-order valence-corrected chi connectivity index (χ2v) is 9.14. The molecule has 0 aliphatic heterocycles. The van der Waals surface area contributed by atoms with E-state index < -0.39 is 52.5 Å². The Balaban J connectivity index is 1.45. The highest BCUT2D eigenvalue weighted by molar-refractivity contribution is 5.98. The van der Waals surface area contributed by atoms with Crippen LogP contribution in [0.25, 0.3) is 22.3 Å². The summed E-state index contributed by atoms with van der Waals surface area (Å²) in [5, 5.41) is 16.2. The molecule has 1 amide bonds. The summed E-state index contributed by atoms with van der Waals surface area (Å²) in [5.41, 5.74) is 6.32. The Morgan fingerprint density at radius 3 is 2.44 bits per heavy atom. The maximum Gasteiger partial charge on any atom is 0.328 e. The van der Waals surface area contributed by atoms with Gasteiger partial charge in [0.15, 0.2) is 17.3 Å². The first-order valence-corrected chi connectivity index (χ1v) is 12.0. The molecule has 1 fully saturated rings. The van der Waals surface area contributed by atoms with Crippen LogP contribution in [0, 0.1) is 29.1 Å². The van der Waals surface area contributed by atoms with Crippen LogP contribution in [0.2, 0.25) is 0 Å². The zero-order valence-corrected chi connectivity index (χ0v) is 20.7. The average molecular weight is 574 g/mol. The zero-order valence-electron chi connectivity index (χ0n) is 20.7. The molecule has 2 heterocycles. The number of nitrogens with zero attached hydrogens (tertiary/aromatic N) is 4. The van der Waals surface area contributed by atoms with Crippen molar-refractivity contribution in [1.29, 1.82) is 0 Å². The van der Waals surface area contributed by atoms with Gasteiger partial charge in [-0.05, 0) is 31.4 Å². The first kappa shape index (κ1) is 27.5. The molecule has 0 spiro atoms. The van der Waals surface area contributed by atoms with Gasteiger partial charge in [-0.1, -0.05) is 0 Å². The van der Waals surface area contributed by atoms with E-state index >= 15 is 4.39 Å². The highest BCUT2D eigenvalue weighted by atomic mass is 19.2. The molecule has 2 aromatic carbocycles. The number of halogens is 5. The molecule has 10 nitrogen and oxygen atoms in total. The maximum atomic E-state index is 15.3. The lowest BCUT2D eigenvalue weighted by Gasteiger charge is -2.13. The Morgan fingerprint density at radius 1 is 1.02 bits per heavy atom. The third kappa shape index (κ3) is 5.37. The van der Waals surface area contributed by atoms with Gasteiger partial charge in [-0.3, -0.25) is 4.79 Å². The number of benzene rings is 2. The van der Waals surface area contributed by atoms with Gasteiger partial charge in [0, 0.05) is 35.9 Å². The molecule has 1 aliphatic rings. The molecule has 0 saturated heterocycles. The molecule has 15 heteroatoms. The number of carbonyl (C=O) groups is 2. The van der Waals surface area contributed by atoms with E-state index in [0.29, 0.717) is 19.3 Å². The topological polar surface area (TPSA) is 145 Å². The van der Waals surface area contributed by atoms with Crippen molar-refractivity contribution in [1.82, 2.24) is 25.1 Å². The van der Waals surface area contributed by atoms with Gasteiger partial charge in [-0.2, -0.15) is 13.9 Å². The number of carboxylic acid groups (broad SMARTS) is 1. The number of nitrogen functional groups attached to an aromatic ring is 1. The number of amides is 1. The molecule has 5 rings (SSSR count). The monoisotopic (exact) mass is 574 g/mol. The number of rotatable bonds is 7. The van der Waals surface area contributed by atoms with Crippen LogP contribution in [0.5, 0.6) is 11.5 Å². The molecule has 212 valence electrons. The molecular formula is C26H19F5N6O4. The zero-order chi connectivity index (χ0) is 29.4. The Bertz CT molecular complexity index is 1700. The van der Waals surface area contributed by atoms with Gasteiger partial charge in [0.25, 0.3) is 0 Å². The molecule has 4 N–H and O–H groups in total. The number of nitrogens with one attached hydrogen (secondary N) is 1. The van der Waals surface area contributed by atoms with Gasteiger partial charge in [0.2, 0.25) is 23.3 Å². The van der Waals surface area contributed by atoms with Gasteiger partial charge in [-0.15, -0.1) is 0 Å². The van der Waals surface area contributed by atoms with E-state index in [0.717, 1.165) is 24.3 Å². The Morgan fingerprint density at radius 2 is 1.76 bits per heavy atom. The van der Waals surface area contributed by atoms with Gasteiger partial charge >= 0.3 is 5.97 Å². The Hall–Kier alpha value is -5.08. The quantitative estimate of drug-likeness (QED) is 0.167. The predicted molar refractivity (Wildman–Crippen MR) is 133 cm³/mol. The smallest absolute Gasteiger partial charge is 0.328 e. The Kier molecular flexibility index (Phi) is 7.26. The van der Waals surface area contributed by atoms with Crippen LogP contribution in [0.1, 0.15) is 25.3 Å². The normalized spacial score (nSPS) is 16.9. The molecule has 0 radical (unpaired) electrons. The molecule has 4 aromatic rings. The molecule has 0 bridgehead atoms. The van der Waals surface area contributed by atoms with Crippen molar-refractivity contribution in [2.24, 2.45) is 0 Å². The van der Waals surface area contributed by atoms with Gasteiger partial charge in [0.05, 0.1) is 11.4 Å². The Labute approximate surface area is 227 Å². The van der Waals surface area contributed by atoms with E-state index in [1.165, 1.54) is 17.1 Å². The number of carboxylic acids is 1. The lowest BCUT2D eigenvalue weighted by molar-refractivity contribution is -0.131. The molecule has 41 heavy (non-hydrogen) atoms. The first-order chi connectivity index (χ1) is 19.5. The minimum Gasteiger partial charge on any atom is -0.478 e. The molecule has 2 atom stereocenters. The second-order valence-electron chi connectivity index (χ2n) is 9.14. The molecular weight excluding hydrogens is 555 g/mol. The van der Waals surface area contributed by atoms with Crippen LogP contribution in [0.15, 0.2) is 42.7 Å². The molecule has 1 aliphatic carbocycles. The van der Waals surface area contributed by atoms with Crippen molar-refractivity contribution >= 4 is 28.7 Å². The van der Waals surface area contributed by atoms with Crippen LogP contribution in [-0.2, 0) is 9.59 Å². The van der Waals surface area contributed by atoms with Gasteiger partial charge in [0.1, 0.15) is 29.4 Å². The van der Waals surface area contributed by atoms with Crippen molar-refractivity contribution < 1.29 is 41.4 Å². The van der Waals surface area contributed by atoms with Gasteiger partial charge < -0.3 is 20.9 Å². The van der Waals surface area contributed by atoms with E-state index in [1.54, 1.807) is 0 Å². The summed E-state index contributed by atoms with van der Waals surface area (Å²) >= 11 is 0. The maximum absolute atomic E-state index is 15.3. The summed E-state index contributed by atoms with van der Waals surface area (Å²) < 4.78 is 76.9. The minimum atomic E-state index is -1.79. The average Bonchev–Trinajstić information content (AvgIpc) is 3.54. The lowest BCUT2D eigenvalue weighted by atomic mass is 10.1. The largest absolute Gasteiger partial charge is 0.478 e. The summed E-state index contributed by atoms with van der Waals surface area (Å²) in [6, 6.07) is 2.49. The van der Waals surface area contributed by atoms with Gasteiger partial charge in [-0.25, -0.2) is 32.6 Å². The number of hydrogen-bond acceptors (Lipinski definition) is 7. The van der Waals surface area contributed by atoms with Crippen molar-refractivity contribution in [3.8, 4) is 22.8 Å². The standard InChI is InChI=1S/C26H19F5N6O4/c27-15-8-13(41-24-21(30)16(28)9-17(29)22(24)31)3-4-14(15)23-20-25(32)33-10-34-26(20)37(36-23)12-2-1-11(7-12)35-18(38)5-6-19(39)40/h3-6,8-12H,1-2,7H2,(H,35,38)(H,39,40)(H2,32,33,34)/t11?,12-/m0/s1. The van der Waals surface area contributed by atoms with E-state index in [9.17, 15) is 27.2 Å². The SMILES string of the molecule is Nc1ncnc2c1c(-c1ccc(Oc3c(F)c(F)cc(F)c3F)cc1F)nn2[C@H]1CCC(NC(=O)C=CC(=O)O)C1. The van der Waals surface area contributed by atoms with Crippen LogP contribution < -0.4 is 15.8 Å². The third-order valence-corrected chi connectivity index (χ3v) is 6.48. The number of hydrogen-bond donors (Lipinski definition) is 3. The second kappa shape index (κ2) is 10.8. The minimum absolute atomic E-state index is 0.00277. The number of ether oxygens (including phenoxy) is 1. The number of aromatic nitrogens is 4. The van der Waals surface area contributed by atoms with E-state index in [-0.39, 0.29) is 46.3 Å². The number of fused-ring (bicyclic) bond motifs is 1. The summed E-state index contributed by atoms with van der Waals surface area (Å²) in [4.78, 5) is 30.8. The predicted octanol–water partition coefficient (Wildman–Crippen LogP) is 4.41. The fourth-order valence-electron chi connectivity index (χ4n) is 4.66. The van der Waals surface area contributed by atoms with Crippen molar-refractivity contribution in [2.45, 2.75) is 31.3 Å². The number of nitrogens with two attached hydrogens (primary N) is 1. The highest BCUT2D eigenvalue weighted by Crippen LogP contribution is 2.39. The van der Waals surface area contributed by atoms with E-state index in [4.69, 9.17) is 15.6 Å². The van der Waals surface area contributed by atoms with Crippen molar-refractivity contribution in [3.63, 3.8) is 0 Å². The first-order valence-electron chi connectivity index (χ1n) is 12.0. The summed E-state index contributed by atoms with van der Waals surface area (Å²) in [5.74, 6) is -11.6. The number of carbonyl (C=O) groups excluding carboxylic acids is 1. The highest BCUT2D eigenvalue weighted by Gasteiger charge is 2.31. The molecule has 1 unspecified atom stereocenters. The van der Waals surface area contributed by atoms with Crippen LogP contribution in [0.4, 0.5) is 27.8 Å². The van der Waals surface area contributed by atoms with Crippen molar-refractivity contribution in [2.75, 3.05) is 5.73 Å².